The van der Waals surface area contributed by atoms with Crippen LogP contribution in [0.4, 0.5) is 16.0 Å². The van der Waals surface area contributed by atoms with Gasteiger partial charge in [0.15, 0.2) is 0 Å². The molecular weight excluding hydrogens is 353 g/mol. The predicted molar refractivity (Wildman–Crippen MR) is 102 cm³/mol. The van der Waals surface area contributed by atoms with Crippen molar-refractivity contribution in [3.63, 3.8) is 0 Å². The van der Waals surface area contributed by atoms with E-state index in [1.165, 1.54) is 0 Å². The Bertz CT molecular complexity index is 911. The van der Waals surface area contributed by atoms with Gasteiger partial charge in [-0.1, -0.05) is 44.5 Å². The van der Waals surface area contributed by atoms with Crippen molar-refractivity contribution in [3.05, 3.63) is 71.3 Å². The second-order valence-electron chi connectivity index (χ2n) is 6.81. The molecule has 0 bridgehead atoms. The Labute approximate surface area is 157 Å². The van der Waals surface area contributed by atoms with E-state index in [0.717, 1.165) is 0 Å². The van der Waals surface area contributed by atoms with Gasteiger partial charge < -0.3 is 10.1 Å². The van der Waals surface area contributed by atoms with Gasteiger partial charge >= 0.3 is 0 Å². The molecule has 0 aliphatic rings. The summed E-state index contributed by atoms with van der Waals surface area (Å²) in [4.78, 5) is 8.41. The van der Waals surface area contributed by atoms with Crippen LogP contribution in [0, 0.1) is 5.82 Å². The average molecular weight is 372 g/mol. The fraction of sp³-hybridized carbons (Fsp3) is 0.200. The lowest BCUT2D eigenvalue weighted by Gasteiger charge is -2.21. The van der Waals surface area contributed by atoms with Gasteiger partial charge in [0.25, 0.3) is 0 Å². The highest BCUT2D eigenvalue weighted by atomic mass is 35.5. The van der Waals surface area contributed by atoms with E-state index in [0.29, 0.717) is 22.9 Å². The maximum absolute atomic E-state index is 14.6. The zero-order chi connectivity index (χ0) is 18.7. The van der Waals surface area contributed by atoms with Crippen LogP contribution >= 0.6 is 11.6 Å². The number of halogens is 2. The average Bonchev–Trinajstić information content (AvgIpc) is 2.59. The van der Waals surface area contributed by atoms with Crippen LogP contribution in [0.15, 0.2) is 54.9 Å². The number of pyridine rings is 2. The smallest absolute Gasteiger partial charge is 0.149 e. The second kappa shape index (κ2) is 7.30. The van der Waals surface area contributed by atoms with Crippen molar-refractivity contribution in [1.29, 1.82) is 0 Å². The van der Waals surface area contributed by atoms with E-state index in [1.807, 2.05) is 39.0 Å². The van der Waals surface area contributed by atoms with Gasteiger partial charge in [-0.25, -0.2) is 14.4 Å². The Morgan fingerprint density at radius 2 is 1.77 bits per heavy atom. The van der Waals surface area contributed by atoms with Crippen molar-refractivity contribution in [2.45, 2.75) is 26.2 Å². The molecule has 0 fully saturated rings. The second-order valence-corrected chi connectivity index (χ2v) is 7.19. The molecule has 0 unspecified atom stereocenters. The van der Waals surface area contributed by atoms with Gasteiger partial charge in [-0.05, 0) is 35.2 Å². The van der Waals surface area contributed by atoms with Crippen molar-refractivity contribution in [2.24, 2.45) is 0 Å². The number of hydrogen-bond donors (Lipinski definition) is 1. The first-order valence-corrected chi connectivity index (χ1v) is 8.53. The van der Waals surface area contributed by atoms with E-state index in [2.05, 4.69) is 15.3 Å². The summed E-state index contributed by atoms with van der Waals surface area (Å²) >= 11 is 6.18. The minimum Gasteiger partial charge on any atom is -0.455 e. The molecule has 3 aromatic rings. The number of nitrogens with zero attached hydrogens (tertiary/aromatic N) is 2. The van der Waals surface area contributed by atoms with Crippen LogP contribution in [0.5, 0.6) is 11.5 Å². The molecule has 1 aromatic carbocycles. The summed E-state index contributed by atoms with van der Waals surface area (Å²) in [6, 6.07) is 12.3. The van der Waals surface area contributed by atoms with Crippen LogP contribution in [-0.2, 0) is 5.41 Å². The highest BCUT2D eigenvalue weighted by Crippen LogP contribution is 2.37. The van der Waals surface area contributed by atoms with Crippen molar-refractivity contribution in [2.75, 3.05) is 5.32 Å². The molecular formula is C20H19ClFN3O. The molecule has 0 aliphatic heterocycles. The minimum absolute atomic E-state index is 0.0338. The number of hydrogen-bond acceptors (Lipinski definition) is 4. The van der Waals surface area contributed by atoms with Gasteiger partial charge in [0, 0.05) is 18.5 Å². The number of rotatable bonds is 4. The number of anilines is 2. The van der Waals surface area contributed by atoms with Crippen LogP contribution in [0.2, 0.25) is 5.02 Å². The Morgan fingerprint density at radius 3 is 2.46 bits per heavy atom. The fourth-order valence-electron chi connectivity index (χ4n) is 2.43. The van der Waals surface area contributed by atoms with E-state index in [-0.39, 0.29) is 16.2 Å². The van der Waals surface area contributed by atoms with Crippen molar-refractivity contribution < 1.29 is 9.13 Å². The lowest BCUT2D eigenvalue weighted by atomic mass is 9.86. The molecule has 0 spiro atoms. The van der Waals surface area contributed by atoms with E-state index < -0.39 is 5.82 Å². The van der Waals surface area contributed by atoms with Gasteiger partial charge in [0.2, 0.25) is 0 Å². The first-order chi connectivity index (χ1) is 12.3. The molecule has 2 heterocycles. The van der Waals surface area contributed by atoms with E-state index in [9.17, 15) is 4.39 Å². The van der Waals surface area contributed by atoms with Gasteiger partial charge in [-0.3, -0.25) is 0 Å². The van der Waals surface area contributed by atoms with Crippen LogP contribution in [-0.4, -0.2) is 9.97 Å². The molecule has 0 saturated carbocycles. The Kier molecular flexibility index (Phi) is 5.09. The lowest BCUT2D eigenvalue weighted by molar-refractivity contribution is 0.469. The Morgan fingerprint density at radius 1 is 1.00 bits per heavy atom. The summed E-state index contributed by atoms with van der Waals surface area (Å²) < 4.78 is 20.3. The monoisotopic (exact) mass is 371 g/mol. The molecule has 4 nitrogen and oxygen atoms in total. The number of ether oxygens (including phenoxy) is 1. The Hall–Kier alpha value is -2.66. The Balaban J connectivity index is 1.83. The zero-order valence-corrected chi connectivity index (χ0v) is 15.5. The standard InChI is InChI=1S/C20H19ClFN3O/c1-20(2,3)14-7-8-15(18(21)19(14)22)26-13-9-11-24-17(12-13)25-16-6-4-5-10-23-16/h4-12H,1-3H3,(H,23,24,25). The maximum Gasteiger partial charge on any atom is 0.149 e. The molecule has 1 N–H and O–H groups in total. The normalized spacial score (nSPS) is 11.3. The quantitative estimate of drug-likeness (QED) is 0.601. The molecule has 26 heavy (non-hydrogen) atoms. The topological polar surface area (TPSA) is 47.0 Å². The predicted octanol–water partition coefficient (Wildman–Crippen LogP) is 6.10. The third kappa shape index (κ3) is 4.11. The first-order valence-electron chi connectivity index (χ1n) is 8.15. The molecule has 0 aliphatic carbocycles. The largest absolute Gasteiger partial charge is 0.455 e. The summed E-state index contributed by atoms with van der Waals surface area (Å²) in [5.74, 6) is 1.51. The van der Waals surface area contributed by atoms with Gasteiger partial charge in [0.05, 0.1) is 0 Å². The van der Waals surface area contributed by atoms with Crippen LogP contribution < -0.4 is 10.1 Å². The summed E-state index contributed by atoms with van der Waals surface area (Å²) in [5, 5.41) is 3.04. The minimum atomic E-state index is -0.461. The van der Waals surface area contributed by atoms with Crippen molar-refractivity contribution >= 4 is 23.2 Å². The third-order valence-corrected chi connectivity index (χ3v) is 4.09. The maximum atomic E-state index is 14.6. The summed E-state index contributed by atoms with van der Waals surface area (Å²) in [5.41, 5.74) is 0.199. The first kappa shape index (κ1) is 18.1. The molecule has 0 atom stereocenters. The highest BCUT2D eigenvalue weighted by molar-refractivity contribution is 6.32. The van der Waals surface area contributed by atoms with Gasteiger partial charge in [-0.15, -0.1) is 0 Å². The highest BCUT2D eigenvalue weighted by Gasteiger charge is 2.22. The van der Waals surface area contributed by atoms with E-state index in [1.54, 1.807) is 36.7 Å². The number of aromatic nitrogens is 2. The fourth-order valence-corrected chi connectivity index (χ4v) is 2.63. The van der Waals surface area contributed by atoms with Crippen molar-refractivity contribution in [3.8, 4) is 11.5 Å². The summed E-state index contributed by atoms with van der Waals surface area (Å²) in [7, 11) is 0. The van der Waals surface area contributed by atoms with Gasteiger partial charge in [0.1, 0.15) is 34.0 Å². The summed E-state index contributed by atoms with van der Waals surface area (Å²) in [6.45, 7) is 5.79. The lowest BCUT2D eigenvalue weighted by Crippen LogP contribution is -2.13. The van der Waals surface area contributed by atoms with Crippen LogP contribution in [0.3, 0.4) is 0 Å². The van der Waals surface area contributed by atoms with Crippen molar-refractivity contribution in [1.82, 2.24) is 9.97 Å². The number of nitrogens with one attached hydrogen (secondary N) is 1. The van der Waals surface area contributed by atoms with Gasteiger partial charge in [-0.2, -0.15) is 0 Å². The van der Waals surface area contributed by atoms with Crippen LogP contribution in [0.1, 0.15) is 26.3 Å². The number of benzene rings is 1. The molecule has 6 heteroatoms. The molecule has 0 saturated heterocycles. The molecule has 0 amide bonds. The summed E-state index contributed by atoms with van der Waals surface area (Å²) in [6.07, 6.45) is 3.27. The van der Waals surface area contributed by atoms with E-state index in [4.69, 9.17) is 16.3 Å². The zero-order valence-electron chi connectivity index (χ0n) is 14.8. The third-order valence-electron chi connectivity index (χ3n) is 3.74. The molecule has 0 radical (unpaired) electrons. The molecule has 2 aromatic heterocycles. The SMILES string of the molecule is CC(C)(C)c1ccc(Oc2ccnc(Nc3ccccn3)c2)c(Cl)c1F. The molecule has 3 rings (SSSR count). The van der Waals surface area contributed by atoms with Crippen LogP contribution in [0.25, 0.3) is 0 Å². The molecule has 134 valence electrons. The van der Waals surface area contributed by atoms with E-state index >= 15 is 0 Å².